The number of aromatic amines is 1. The maximum Gasteiger partial charge on any atom is 1.00 e. The van der Waals surface area contributed by atoms with Gasteiger partial charge in [0.2, 0.25) is 5.78 Å². The van der Waals surface area contributed by atoms with Crippen LogP contribution in [0, 0.1) is 0 Å². The van der Waals surface area contributed by atoms with Crippen molar-refractivity contribution in [1.29, 1.82) is 0 Å². The van der Waals surface area contributed by atoms with Gasteiger partial charge in [-0.2, -0.15) is 10.1 Å². The maximum atomic E-state index is 14.4. The molecule has 0 saturated heterocycles. The molecule has 47 heavy (non-hydrogen) atoms. The largest absolute Gasteiger partial charge is 1.00 e. The number of aliphatic hydroxyl groups is 1. The molecule has 1 atom stereocenters. The van der Waals surface area contributed by atoms with Crippen molar-refractivity contribution in [2.75, 3.05) is 0 Å². The van der Waals surface area contributed by atoms with E-state index in [1.165, 1.54) is 6.33 Å². The van der Waals surface area contributed by atoms with E-state index in [0.717, 1.165) is 84.9 Å². The number of aromatic nitrogens is 6. The summed E-state index contributed by atoms with van der Waals surface area (Å²) in [6.45, 7) is 4.09. The van der Waals surface area contributed by atoms with Crippen molar-refractivity contribution in [3.8, 4) is 22.5 Å². The van der Waals surface area contributed by atoms with Crippen LogP contribution in [0.1, 0.15) is 89.5 Å². The summed E-state index contributed by atoms with van der Waals surface area (Å²) in [5, 5.41) is 19.2. The van der Waals surface area contributed by atoms with Gasteiger partial charge < -0.3 is 11.3 Å². The molecule has 2 aliphatic carbocycles. The van der Waals surface area contributed by atoms with E-state index in [0.29, 0.717) is 24.4 Å². The van der Waals surface area contributed by atoms with Gasteiger partial charge in [0, 0.05) is 23.6 Å². The minimum atomic E-state index is -0.690. The van der Waals surface area contributed by atoms with Gasteiger partial charge in [-0.3, -0.25) is 18.9 Å². The van der Waals surface area contributed by atoms with Crippen LogP contribution in [0.3, 0.4) is 0 Å². The Morgan fingerprint density at radius 1 is 1.09 bits per heavy atom. The van der Waals surface area contributed by atoms with Gasteiger partial charge in [-0.15, -0.1) is 0 Å². The summed E-state index contributed by atoms with van der Waals surface area (Å²) in [4.78, 5) is 33.2. The first kappa shape index (κ1) is 34.2. The van der Waals surface area contributed by atoms with Gasteiger partial charge in [-0.1, -0.05) is 67.0 Å². The molecular weight excluding hydrogens is 624 g/mol. The molecule has 3 aromatic heterocycles. The van der Waals surface area contributed by atoms with Crippen LogP contribution in [0.25, 0.3) is 28.3 Å². The second kappa shape index (κ2) is 14.4. The first-order chi connectivity index (χ1) is 22.3. The molecular formula is C35H41KN6O5. The SMILES string of the molecule is CCCc1c(Cc2ccc(-c3ccccc3-c3noc(=O)[nH]3)cc2)c(=O)n(C2CCC(OC(C)C3(O)CCC3)CC2)c2ncnn12.[H-].[K+]. The Morgan fingerprint density at radius 3 is 2.45 bits per heavy atom. The van der Waals surface area contributed by atoms with Gasteiger partial charge in [0.15, 0.2) is 5.82 Å². The average Bonchev–Trinajstić information content (AvgIpc) is 3.72. The van der Waals surface area contributed by atoms with Gasteiger partial charge in [-0.25, -0.2) is 9.31 Å². The molecule has 2 saturated carbocycles. The topological polar surface area (TPSA) is 141 Å². The molecule has 2 fully saturated rings. The molecule has 11 nitrogen and oxygen atoms in total. The fraction of sp³-hybridized carbons (Fsp3) is 0.457. The van der Waals surface area contributed by atoms with E-state index in [2.05, 4.69) is 27.1 Å². The molecule has 12 heteroatoms. The van der Waals surface area contributed by atoms with Crippen LogP contribution >= 0.6 is 0 Å². The predicted molar refractivity (Wildman–Crippen MR) is 174 cm³/mol. The Hall–Kier alpha value is -2.71. The molecule has 0 bridgehead atoms. The number of nitrogens with zero attached hydrogens (tertiary/aromatic N) is 5. The van der Waals surface area contributed by atoms with E-state index >= 15 is 0 Å². The van der Waals surface area contributed by atoms with E-state index in [1.807, 2.05) is 64.5 Å². The van der Waals surface area contributed by atoms with Crippen LogP contribution in [-0.4, -0.2) is 52.2 Å². The number of fused-ring (bicyclic) bond motifs is 1. The maximum absolute atomic E-state index is 14.4. The Bertz CT molecular complexity index is 1960. The van der Waals surface area contributed by atoms with Crippen LogP contribution < -0.4 is 62.7 Å². The van der Waals surface area contributed by atoms with Crippen molar-refractivity contribution in [2.24, 2.45) is 0 Å². The van der Waals surface area contributed by atoms with E-state index in [4.69, 9.17) is 9.26 Å². The fourth-order valence-corrected chi connectivity index (χ4v) is 7.17. The van der Waals surface area contributed by atoms with Crippen molar-refractivity contribution >= 4 is 5.78 Å². The third kappa shape index (κ3) is 6.78. The van der Waals surface area contributed by atoms with Crippen molar-refractivity contribution in [3.05, 3.63) is 92.6 Å². The van der Waals surface area contributed by atoms with Gasteiger partial charge in [0.1, 0.15) is 6.33 Å². The minimum absolute atomic E-state index is 0. The van der Waals surface area contributed by atoms with Crippen LogP contribution in [0.2, 0.25) is 0 Å². The molecule has 2 aliphatic rings. The number of ether oxygens (including phenoxy) is 1. The monoisotopic (exact) mass is 664 g/mol. The van der Waals surface area contributed by atoms with Crippen molar-refractivity contribution < 1.29 is 67.2 Å². The Morgan fingerprint density at radius 2 is 1.81 bits per heavy atom. The summed E-state index contributed by atoms with van der Waals surface area (Å²) in [6, 6.07) is 15.8. The van der Waals surface area contributed by atoms with Crippen LogP contribution in [0.4, 0.5) is 0 Å². The molecule has 7 rings (SSSR count). The van der Waals surface area contributed by atoms with Crippen molar-refractivity contribution in [3.63, 3.8) is 0 Å². The Balaban J connectivity index is 0.00000225. The van der Waals surface area contributed by atoms with Crippen LogP contribution in [0.5, 0.6) is 0 Å². The third-order valence-corrected chi connectivity index (χ3v) is 9.96. The van der Waals surface area contributed by atoms with E-state index < -0.39 is 11.4 Å². The predicted octanol–water partition coefficient (Wildman–Crippen LogP) is 2.36. The zero-order valence-corrected chi connectivity index (χ0v) is 30.4. The molecule has 5 aromatic rings. The number of rotatable bonds is 10. The van der Waals surface area contributed by atoms with Gasteiger partial charge >= 0.3 is 57.1 Å². The zero-order valence-electron chi connectivity index (χ0n) is 28.3. The van der Waals surface area contributed by atoms with E-state index in [-0.39, 0.29) is 76.6 Å². The quantitative estimate of drug-likeness (QED) is 0.217. The van der Waals surface area contributed by atoms with Gasteiger partial charge in [0.25, 0.3) is 5.56 Å². The molecule has 1 unspecified atom stereocenters. The summed E-state index contributed by atoms with van der Waals surface area (Å²) in [5.41, 5.74) is 4.59. The first-order valence-electron chi connectivity index (χ1n) is 16.4. The fourth-order valence-electron chi connectivity index (χ4n) is 7.17. The Kier molecular flexibility index (Phi) is 10.5. The summed E-state index contributed by atoms with van der Waals surface area (Å²) in [7, 11) is 0. The van der Waals surface area contributed by atoms with E-state index in [9.17, 15) is 14.7 Å². The van der Waals surface area contributed by atoms with Crippen LogP contribution in [0.15, 0.2) is 69.0 Å². The number of aryl methyl sites for hydroxylation is 1. The molecule has 3 heterocycles. The number of hydrogen-bond acceptors (Lipinski definition) is 8. The normalized spacial score (nSPS) is 19.6. The number of hydrogen-bond donors (Lipinski definition) is 2. The van der Waals surface area contributed by atoms with Crippen LogP contribution in [-0.2, 0) is 17.6 Å². The molecule has 0 aliphatic heterocycles. The molecule has 0 radical (unpaired) electrons. The van der Waals surface area contributed by atoms with Crippen molar-refractivity contribution in [1.82, 2.24) is 29.3 Å². The molecule has 0 amide bonds. The summed E-state index contributed by atoms with van der Waals surface area (Å²) < 4.78 is 14.8. The second-order valence-electron chi connectivity index (χ2n) is 12.9. The molecule has 0 spiro atoms. The summed E-state index contributed by atoms with van der Waals surface area (Å²) in [6.07, 6.45) is 9.41. The average molecular weight is 665 g/mol. The van der Waals surface area contributed by atoms with Crippen molar-refractivity contribution in [2.45, 2.75) is 102 Å². The standard InChI is InChI=1S/C35H40N6O5.K.H/c1-3-7-30-29(20-23-10-12-24(13-11-23)27-8-4-5-9-28(27)31-38-34(43)46-39-31)32(42)40(33-36-21-37-41(30)33)25-14-16-26(17-15-25)45-22(2)35(44)18-6-19-35;;/h4-5,8-13,21-22,25-26,44H,3,6-7,14-20H2,1-2H3,(H,38,39,43);;/q;+1;-1. The van der Waals surface area contributed by atoms with E-state index in [1.54, 1.807) is 0 Å². The smallest absolute Gasteiger partial charge is 1.00 e. The number of H-pyrrole nitrogens is 1. The summed E-state index contributed by atoms with van der Waals surface area (Å²) >= 11 is 0. The molecule has 242 valence electrons. The Labute approximate surface area is 316 Å². The number of nitrogens with one attached hydrogen (secondary N) is 1. The van der Waals surface area contributed by atoms with Gasteiger partial charge in [-0.05, 0) is 75.0 Å². The number of benzene rings is 2. The second-order valence-corrected chi connectivity index (χ2v) is 12.9. The molecule has 2 N–H and O–H groups in total. The third-order valence-electron chi connectivity index (χ3n) is 9.96. The minimum Gasteiger partial charge on any atom is -1.00 e. The summed E-state index contributed by atoms with van der Waals surface area (Å²) in [5.74, 6) is 0.371. The van der Waals surface area contributed by atoms with Gasteiger partial charge in [0.05, 0.1) is 23.5 Å². The first-order valence-corrected chi connectivity index (χ1v) is 16.4. The molecule has 2 aromatic carbocycles. The zero-order chi connectivity index (χ0) is 31.8.